The smallest absolute Gasteiger partial charge is 0.406 e. The highest BCUT2D eigenvalue weighted by molar-refractivity contribution is 6.18. The number of furan rings is 1. The number of fused-ring (bicyclic) bond motifs is 1. The molecule has 1 heterocycles. The van der Waals surface area contributed by atoms with Crippen molar-refractivity contribution in [2.75, 3.05) is 19.0 Å². The average Bonchev–Trinajstić information content (AvgIpc) is 2.79. The van der Waals surface area contributed by atoms with E-state index in [1.54, 1.807) is 24.3 Å². The van der Waals surface area contributed by atoms with Crippen LogP contribution in [0.25, 0.3) is 11.0 Å². The fourth-order valence-corrected chi connectivity index (χ4v) is 2.02. The summed E-state index contributed by atoms with van der Waals surface area (Å²) < 4.78 is 42.6. The molecule has 0 saturated carbocycles. The minimum atomic E-state index is -4.48. The van der Waals surface area contributed by atoms with Crippen LogP contribution in [0.5, 0.6) is 0 Å². The standard InChI is InChI=1S/C13H11ClF3NO2/c14-5-6-18(8-13(15,16)17)12(19)11-7-9-3-1-2-4-10(9)20-11/h1-4,7H,5-6,8H2. The highest BCUT2D eigenvalue weighted by Crippen LogP contribution is 2.22. The van der Waals surface area contributed by atoms with Crippen molar-refractivity contribution in [2.45, 2.75) is 6.18 Å². The van der Waals surface area contributed by atoms with Crippen LogP contribution < -0.4 is 0 Å². The highest BCUT2D eigenvalue weighted by Gasteiger charge is 2.34. The van der Waals surface area contributed by atoms with E-state index in [9.17, 15) is 18.0 Å². The average molecular weight is 306 g/mol. The third kappa shape index (κ3) is 3.45. The summed E-state index contributed by atoms with van der Waals surface area (Å²) in [5.74, 6) is -1.03. The van der Waals surface area contributed by atoms with Crippen molar-refractivity contribution in [3.8, 4) is 0 Å². The first-order valence-corrected chi connectivity index (χ1v) is 6.35. The Morgan fingerprint density at radius 3 is 2.60 bits per heavy atom. The quantitative estimate of drug-likeness (QED) is 0.807. The van der Waals surface area contributed by atoms with Gasteiger partial charge in [-0.1, -0.05) is 18.2 Å². The topological polar surface area (TPSA) is 33.5 Å². The third-order valence-electron chi connectivity index (χ3n) is 2.65. The molecular formula is C13H11ClF3NO2. The molecular weight excluding hydrogens is 295 g/mol. The summed E-state index contributed by atoms with van der Waals surface area (Å²) in [7, 11) is 0. The van der Waals surface area contributed by atoms with Crippen LogP contribution in [0.4, 0.5) is 13.2 Å². The van der Waals surface area contributed by atoms with Gasteiger partial charge in [-0.25, -0.2) is 0 Å². The summed E-state index contributed by atoms with van der Waals surface area (Å²) >= 11 is 5.44. The van der Waals surface area contributed by atoms with Crippen LogP contribution in [0.3, 0.4) is 0 Å². The fourth-order valence-electron chi connectivity index (χ4n) is 1.81. The van der Waals surface area contributed by atoms with E-state index in [-0.39, 0.29) is 18.2 Å². The Morgan fingerprint density at radius 2 is 2.00 bits per heavy atom. The molecule has 0 aliphatic carbocycles. The molecule has 0 spiro atoms. The van der Waals surface area contributed by atoms with Crippen molar-refractivity contribution in [3.05, 3.63) is 36.1 Å². The second-order valence-corrected chi connectivity index (χ2v) is 4.56. The van der Waals surface area contributed by atoms with Gasteiger partial charge in [0.05, 0.1) is 0 Å². The summed E-state index contributed by atoms with van der Waals surface area (Å²) in [6.07, 6.45) is -4.48. The lowest BCUT2D eigenvalue weighted by atomic mass is 10.2. The first kappa shape index (κ1) is 14.7. The lowest BCUT2D eigenvalue weighted by Gasteiger charge is -2.21. The van der Waals surface area contributed by atoms with E-state index < -0.39 is 18.6 Å². The molecule has 0 aliphatic heterocycles. The molecule has 0 aliphatic rings. The first-order valence-electron chi connectivity index (χ1n) is 5.81. The summed E-state index contributed by atoms with van der Waals surface area (Å²) in [6, 6.07) is 8.24. The van der Waals surface area contributed by atoms with E-state index in [1.807, 2.05) is 0 Å². The summed E-state index contributed by atoms with van der Waals surface area (Å²) in [6.45, 7) is -1.55. The second kappa shape index (κ2) is 5.75. The van der Waals surface area contributed by atoms with Crippen LogP contribution in [0.2, 0.25) is 0 Å². The van der Waals surface area contributed by atoms with Gasteiger partial charge in [0.2, 0.25) is 0 Å². The molecule has 7 heteroatoms. The number of rotatable bonds is 4. The Hall–Kier alpha value is -1.69. The van der Waals surface area contributed by atoms with Crippen LogP contribution in [0.15, 0.2) is 34.7 Å². The molecule has 0 bridgehead atoms. The predicted octanol–water partition coefficient (Wildman–Crippen LogP) is 3.68. The maximum absolute atomic E-state index is 12.4. The third-order valence-corrected chi connectivity index (χ3v) is 2.82. The molecule has 0 N–H and O–H groups in total. The molecule has 0 radical (unpaired) electrons. The van der Waals surface area contributed by atoms with E-state index in [0.29, 0.717) is 15.9 Å². The Labute approximate surface area is 117 Å². The lowest BCUT2D eigenvalue weighted by molar-refractivity contribution is -0.140. The van der Waals surface area contributed by atoms with Crippen molar-refractivity contribution < 1.29 is 22.4 Å². The van der Waals surface area contributed by atoms with Gasteiger partial charge in [0.1, 0.15) is 12.1 Å². The van der Waals surface area contributed by atoms with Crippen LogP contribution >= 0.6 is 11.6 Å². The van der Waals surface area contributed by atoms with Gasteiger partial charge < -0.3 is 9.32 Å². The summed E-state index contributed by atoms with van der Waals surface area (Å²) in [4.78, 5) is 12.7. The van der Waals surface area contributed by atoms with Gasteiger partial charge in [0, 0.05) is 17.8 Å². The minimum absolute atomic E-state index is 0.0813. The molecule has 2 rings (SSSR count). The molecule has 2 aromatic rings. The Kier molecular flexibility index (Phi) is 4.23. The first-order chi connectivity index (χ1) is 9.40. The lowest BCUT2D eigenvalue weighted by Crippen LogP contribution is -2.40. The van der Waals surface area contributed by atoms with Crippen LogP contribution in [-0.4, -0.2) is 36.0 Å². The number of hydrogen-bond donors (Lipinski definition) is 0. The Bertz CT molecular complexity index is 576. The van der Waals surface area contributed by atoms with Gasteiger partial charge in [0.15, 0.2) is 5.76 Å². The van der Waals surface area contributed by atoms with Gasteiger partial charge in [-0.2, -0.15) is 13.2 Å². The number of amides is 1. The molecule has 3 nitrogen and oxygen atoms in total. The van der Waals surface area contributed by atoms with Crippen molar-refractivity contribution in [3.63, 3.8) is 0 Å². The van der Waals surface area contributed by atoms with Gasteiger partial charge in [-0.3, -0.25) is 4.79 Å². The van der Waals surface area contributed by atoms with Crippen LogP contribution in [0.1, 0.15) is 10.6 Å². The zero-order valence-electron chi connectivity index (χ0n) is 10.3. The van der Waals surface area contributed by atoms with E-state index >= 15 is 0 Å². The zero-order valence-corrected chi connectivity index (χ0v) is 11.0. The van der Waals surface area contributed by atoms with Crippen molar-refractivity contribution >= 4 is 28.5 Å². The fraction of sp³-hybridized carbons (Fsp3) is 0.308. The van der Waals surface area contributed by atoms with Gasteiger partial charge in [-0.05, 0) is 12.1 Å². The Balaban J connectivity index is 2.26. The van der Waals surface area contributed by atoms with E-state index in [4.69, 9.17) is 16.0 Å². The molecule has 0 fully saturated rings. The van der Waals surface area contributed by atoms with E-state index in [1.165, 1.54) is 6.07 Å². The summed E-state index contributed by atoms with van der Waals surface area (Å²) in [5.41, 5.74) is 0.452. The summed E-state index contributed by atoms with van der Waals surface area (Å²) in [5, 5.41) is 0.661. The highest BCUT2D eigenvalue weighted by atomic mass is 35.5. The maximum Gasteiger partial charge on any atom is 0.406 e. The number of carbonyl (C=O) groups excluding carboxylic acids is 1. The van der Waals surface area contributed by atoms with Gasteiger partial charge in [-0.15, -0.1) is 11.6 Å². The maximum atomic E-state index is 12.4. The van der Waals surface area contributed by atoms with Crippen LogP contribution in [-0.2, 0) is 0 Å². The number of carbonyl (C=O) groups is 1. The number of halogens is 4. The number of para-hydroxylation sites is 1. The van der Waals surface area contributed by atoms with E-state index in [0.717, 1.165) is 0 Å². The molecule has 1 amide bonds. The Morgan fingerprint density at radius 1 is 1.30 bits per heavy atom. The SMILES string of the molecule is O=C(c1cc2ccccc2o1)N(CCCl)CC(F)(F)F. The second-order valence-electron chi connectivity index (χ2n) is 4.18. The monoisotopic (exact) mass is 305 g/mol. The number of nitrogens with zero attached hydrogens (tertiary/aromatic N) is 1. The van der Waals surface area contributed by atoms with E-state index in [2.05, 4.69) is 0 Å². The number of hydrogen-bond acceptors (Lipinski definition) is 2. The molecule has 108 valence electrons. The molecule has 20 heavy (non-hydrogen) atoms. The van der Waals surface area contributed by atoms with Crippen molar-refractivity contribution in [2.24, 2.45) is 0 Å². The van der Waals surface area contributed by atoms with Crippen molar-refractivity contribution in [1.29, 1.82) is 0 Å². The molecule has 0 unspecified atom stereocenters. The van der Waals surface area contributed by atoms with Crippen LogP contribution in [0, 0.1) is 0 Å². The zero-order chi connectivity index (χ0) is 14.8. The normalized spacial score (nSPS) is 11.8. The number of alkyl halides is 4. The molecule has 1 aromatic carbocycles. The van der Waals surface area contributed by atoms with Crippen molar-refractivity contribution in [1.82, 2.24) is 4.90 Å². The molecule has 0 saturated heterocycles. The minimum Gasteiger partial charge on any atom is -0.451 e. The molecule has 0 atom stereocenters. The van der Waals surface area contributed by atoms with Gasteiger partial charge >= 0.3 is 6.18 Å². The number of benzene rings is 1. The molecule has 1 aromatic heterocycles. The predicted molar refractivity (Wildman–Crippen MR) is 68.9 cm³/mol. The largest absolute Gasteiger partial charge is 0.451 e. The van der Waals surface area contributed by atoms with Gasteiger partial charge in [0.25, 0.3) is 5.91 Å².